The first kappa shape index (κ1) is 9.78. The zero-order chi connectivity index (χ0) is 9.68. The quantitative estimate of drug-likeness (QED) is 0.553. The maximum absolute atomic E-state index is 13.2. The van der Waals surface area contributed by atoms with Gasteiger partial charge in [-0.25, -0.2) is 4.39 Å². The molecule has 1 nitrogen and oxygen atoms in total. The molecule has 0 unspecified atom stereocenters. The predicted molar refractivity (Wildman–Crippen MR) is 54.4 cm³/mol. The summed E-state index contributed by atoms with van der Waals surface area (Å²) >= 11 is 0. The molecule has 0 saturated carbocycles. The first-order valence-corrected chi connectivity index (χ1v) is 4.35. The highest BCUT2D eigenvalue weighted by molar-refractivity contribution is 5.51. The summed E-state index contributed by atoms with van der Waals surface area (Å²) in [6, 6.07) is 5.06. The Hall–Kier alpha value is -1.31. The van der Waals surface area contributed by atoms with E-state index in [4.69, 9.17) is 0 Å². The summed E-state index contributed by atoms with van der Waals surface area (Å²) in [6.45, 7) is 6.22. The third-order valence-corrected chi connectivity index (χ3v) is 1.87. The van der Waals surface area contributed by atoms with E-state index < -0.39 is 0 Å². The van der Waals surface area contributed by atoms with Gasteiger partial charge in [-0.15, -0.1) is 6.58 Å². The molecule has 0 bridgehead atoms. The minimum absolute atomic E-state index is 0.191. The van der Waals surface area contributed by atoms with Crippen molar-refractivity contribution in [3.05, 3.63) is 42.2 Å². The van der Waals surface area contributed by atoms with Crippen LogP contribution in [-0.4, -0.2) is 6.54 Å². The lowest BCUT2D eigenvalue weighted by Gasteiger charge is -2.08. The Morgan fingerprint density at radius 1 is 1.54 bits per heavy atom. The third-order valence-electron chi connectivity index (χ3n) is 1.87. The van der Waals surface area contributed by atoms with Gasteiger partial charge >= 0.3 is 0 Å². The SMILES string of the molecule is C=CCCNc1c(C)cccc1F. The average Bonchev–Trinajstić information content (AvgIpc) is 2.10. The number of para-hydroxylation sites is 1. The van der Waals surface area contributed by atoms with Gasteiger partial charge in [-0.05, 0) is 25.0 Å². The van der Waals surface area contributed by atoms with Crippen molar-refractivity contribution in [3.8, 4) is 0 Å². The first-order valence-electron chi connectivity index (χ1n) is 4.35. The van der Waals surface area contributed by atoms with Gasteiger partial charge in [0.1, 0.15) is 5.82 Å². The lowest BCUT2D eigenvalue weighted by Crippen LogP contribution is -2.03. The molecule has 0 amide bonds. The Balaban J connectivity index is 2.69. The van der Waals surface area contributed by atoms with Crippen LogP contribution < -0.4 is 5.32 Å². The molecule has 2 heteroatoms. The summed E-state index contributed by atoms with van der Waals surface area (Å²) < 4.78 is 13.2. The maximum Gasteiger partial charge on any atom is 0.146 e. The highest BCUT2D eigenvalue weighted by Crippen LogP contribution is 2.18. The van der Waals surface area contributed by atoms with E-state index in [0.717, 1.165) is 18.5 Å². The molecule has 13 heavy (non-hydrogen) atoms. The van der Waals surface area contributed by atoms with Crippen LogP contribution in [0.3, 0.4) is 0 Å². The van der Waals surface area contributed by atoms with Gasteiger partial charge in [0.05, 0.1) is 5.69 Å². The summed E-state index contributed by atoms with van der Waals surface area (Å²) in [5, 5.41) is 3.04. The monoisotopic (exact) mass is 179 g/mol. The van der Waals surface area contributed by atoms with Crippen LogP contribution in [-0.2, 0) is 0 Å². The second-order valence-electron chi connectivity index (χ2n) is 2.94. The van der Waals surface area contributed by atoms with Gasteiger partial charge in [0.25, 0.3) is 0 Å². The van der Waals surface area contributed by atoms with Crippen molar-refractivity contribution in [2.45, 2.75) is 13.3 Å². The fraction of sp³-hybridized carbons (Fsp3) is 0.273. The topological polar surface area (TPSA) is 12.0 Å². The molecule has 0 heterocycles. The molecule has 70 valence electrons. The van der Waals surface area contributed by atoms with E-state index in [0.29, 0.717) is 5.69 Å². The van der Waals surface area contributed by atoms with Gasteiger partial charge in [-0.2, -0.15) is 0 Å². The number of nitrogens with one attached hydrogen (secondary N) is 1. The molecule has 1 aromatic carbocycles. The van der Waals surface area contributed by atoms with E-state index in [1.807, 2.05) is 19.1 Å². The maximum atomic E-state index is 13.2. The molecule has 0 fully saturated rings. The van der Waals surface area contributed by atoms with Crippen molar-refractivity contribution in [1.29, 1.82) is 0 Å². The Kier molecular flexibility index (Phi) is 3.50. The molecule has 1 rings (SSSR count). The number of halogens is 1. The van der Waals surface area contributed by atoms with Crippen molar-refractivity contribution < 1.29 is 4.39 Å². The number of anilines is 1. The lowest BCUT2D eigenvalue weighted by molar-refractivity contribution is 0.629. The third kappa shape index (κ3) is 2.58. The molecule has 0 aliphatic rings. The van der Waals surface area contributed by atoms with Crippen LogP contribution in [0.5, 0.6) is 0 Å². The standard InChI is InChI=1S/C11H14FN/c1-3-4-8-13-11-9(2)6-5-7-10(11)12/h3,5-7,13H,1,4,8H2,2H3. The summed E-state index contributed by atoms with van der Waals surface area (Å²) in [7, 11) is 0. The highest BCUT2D eigenvalue weighted by atomic mass is 19.1. The van der Waals surface area contributed by atoms with Gasteiger partial charge < -0.3 is 5.32 Å². The largest absolute Gasteiger partial charge is 0.382 e. The van der Waals surface area contributed by atoms with Gasteiger partial charge in [0, 0.05) is 6.54 Å². The lowest BCUT2D eigenvalue weighted by atomic mass is 10.2. The fourth-order valence-electron chi connectivity index (χ4n) is 1.16. The molecule has 0 spiro atoms. The molecule has 0 radical (unpaired) electrons. The molecule has 1 aromatic rings. The minimum Gasteiger partial charge on any atom is -0.382 e. The number of hydrogen-bond donors (Lipinski definition) is 1. The molecule has 1 N–H and O–H groups in total. The molecule has 0 aliphatic carbocycles. The fourth-order valence-corrected chi connectivity index (χ4v) is 1.16. The zero-order valence-corrected chi connectivity index (χ0v) is 7.81. The predicted octanol–water partition coefficient (Wildman–Crippen LogP) is 3.12. The van der Waals surface area contributed by atoms with Gasteiger partial charge in [0.2, 0.25) is 0 Å². The van der Waals surface area contributed by atoms with Gasteiger partial charge in [-0.1, -0.05) is 18.2 Å². The van der Waals surface area contributed by atoms with Crippen LogP contribution in [0.2, 0.25) is 0 Å². The van der Waals surface area contributed by atoms with E-state index in [1.165, 1.54) is 6.07 Å². The van der Waals surface area contributed by atoms with Crippen LogP contribution in [0.25, 0.3) is 0 Å². The Morgan fingerprint density at radius 3 is 2.92 bits per heavy atom. The van der Waals surface area contributed by atoms with Crippen molar-refractivity contribution in [2.75, 3.05) is 11.9 Å². The molecule has 0 atom stereocenters. The second-order valence-corrected chi connectivity index (χ2v) is 2.94. The summed E-state index contributed by atoms with van der Waals surface area (Å²) in [6.07, 6.45) is 2.65. The van der Waals surface area contributed by atoms with Crippen molar-refractivity contribution in [3.63, 3.8) is 0 Å². The molecular formula is C11H14FN. The number of aryl methyl sites for hydroxylation is 1. The first-order chi connectivity index (χ1) is 6.25. The van der Waals surface area contributed by atoms with Gasteiger partial charge in [-0.3, -0.25) is 0 Å². The van der Waals surface area contributed by atoms with Crippen LogP contribution in [0.15, 0.2) is 30.9 Å². The summed E-state index contributed by atoms with van der Waals surface area (Å²) in [4.78, 5) is 0. The van der Waals surface area contributed by atoms with Crippen molar-refractivity contribution >= 4 is 5.69 Å². The number of hydrogen-bond acceptors (Lipinski definition) is 1. The normalized spacial score (nSPS) is 9.69. The van der Waals surface area contributed by atoms with E-state index in [-0.39, 0.29) is 5.82 Å². The van der Waals surface area contributed by atoms with Gasteiger partial charge in [0.15, 0.2) is 0 Å². The van der Waals surface area contributed by atoms with E-state index in [9.17, 15) is 4.39 Å². The van der Waals surface area contributed by atoms with Crippen LogP contribution in [0.4, 0.5) is 10.1 Å². The van der Waals surface area contributed by atoms with Crippen LogP contribution >= 0.6 is 0 Å². The smallest absolute Gasteiger partial charge is 0.146 e. The van der Waals surface area contributed by atoms with E-state index in [1.54, 1.807) is 6.07 Å². The van der Waals surface area contributed by atoms with Crippen LogP contribution in [0, 0.1) is 12.7 Å². The highest BCUT2D eigenvalue weighted by Gasteiger charge is 2.02. The van der Waals surface area contributed by atoms with E-state index in [2.05, 4.69) is 11.9 Å². The molecule has 0 aromatic heterocycles. The number of benzene rings is 1. The molecular weight excluding hydrogens is 165 g/mol. The van der Waals surface area contributed by atoms with Crippen LogP contribution in [0.1, 0.15) is 12.0 Å². The minimum atomic E-state index is -0.191. The summed E-state index contributed by atoms with van der Waals surface area (Å²) in [5.41, 5.74) is 1.54. The Labute approximate surface area is 78.3 Å². The Morgan fingerprint density at radius 2 is 2.31 bits per heavy atom. The summed E-state index contributed by atoms with van der Waals surface area (Å²) in [5.74, 6) is -0.191. The average molecular weight is 179 g/mol. The zero-order valence-electron chi connectivity index (χ0n) is 7.81. The second kappa shape index (κ2) is 4.65. The van der Waals surface area contributed by atoms with E-state index >= 15 is 0 Å². The van der Waals surface area contributed by atoms with Crippen molar-refractivity contribution in [2.24, 2.45) is 0 Å². The Bertz CT molecular complexity index is 274. The molecule has 0 saturated heterocycles. The number of rotatable bonds is 4. The molecule has 0 aliphatic heterocycles. The van der Waals surface area contributed by atoms with Crippen molar-refractivity contribution in [1.82, 2.24) is 0 Å².